The number of methoxy groups -OCH3 is 1. The second-order valence-electron chi connectivity index (χ2n) is 7.07. The fraction of sp³-hybridized carbons (Fsp3) is 0.421. The molecule has 2 amide bonds. The van der Waals surface area contributed by atoms with E-state index in [1.165, 1.54) is 11.3 Å². The third-order valence-electron chi connectivity index (χ3n) is 5.42. The molecule has 2 aliphatic rings. The molecule has 142 valence electrons. The van der Waals surface area contributed by atoms with Crippen LogP contribution in [0.3, 0.4) is 0 Å². The van der Waals surface area contributed by atoms with E-state index in [9.17, 15) is 9.59 Å². The Bertz CT molecular complexity index is 915. The number of hydrogen-bond acceptors (Lipinski definition) is 5. The molecule has 1 atom stereocenters. The molecule has 27 heavy (non-hydrogen) atoms. The zero-order valence-electron chi connectivity index (χ0n) is 15.2. The summed E-state index contributed by atoms with van der Waals surface area (Å²) in [6.45, 7) is 3.47. The summed E-state index contributed by atoms with van der Waals surface area (Å²) >= 11 is 7.63. The van der Waals surface area contributed by atoms with Crippen molar-refractivity contribution in [1.82, 2.24) is 9.88 Å². The molecule has 8 heteroatoms. The van der Waals surface area contributed by atoms with Crippen molar-refractivity contribution in [3.05, 3.63) is 40.0 Å². The molecule has 1 aromatic heterocycles. The van der Waals surface area contributed by atoms with E-state index >= 15 is 0 Å². The van der Waals surface area contributed by atoms with E-state index in [1.54, 1.807) is 20.2 Å². The minimum Gasteiger partial charge on any atom is -0.486 e. The van der Waals surface area contributed by atoms with Crippen LogP contribution < -0.4 is 9.64 Å². The molecule has 2 aliphatic heterocycles. The van der Waals surface area contributed by atoms with Crippen LogP contribution in [0.1, 0.15) is 23.9 Å². The maximum atomic E-state index is 13.1. The molecule has 2 aromatic rings. The number of carbonyl (C=O) groups excluding carboxylic acids is 2. The Labute approximate surface area is 166 Å². The fourth-order valence-electron chi connectivity index (χ4n) is 4.05. The fourth-order valence-corrected chi connectivity index (χ4v) is 4.94. The van der Waals surface area contributed by atoms with Gasteiger partial charge in [0, 0.05) is 42.7 Å². The van der Waals surface area contributed by atoms with Crippen LogP contribution in [-0.4, -0.2) is 48.4 Å². The van der Waals surface area contributed by atoms with Crippen LogP contribution in [0.25, 0.3) is 0 Å². The lowest BCUT2D eigenvalue weighted by atomic mass is 9.81. The van der Waals surface area contributed by atoms with Gasteiger partial charge in [-0.15, -0.1) is 0 Å². The number of ether oxygens (including phenoxy) is 1. The number of hydrogen-bond donors (Lipinski definition) is 0. The van der Waals surface area contributed by atoms with Crippen molar-refractivity contribution in [2.24, 2.45) is 0 Å². The van der Waals surface area contributed by atoms with Crippen molar-refractivity contribution in [3.63, 3.8) is 0 Å². The van der Waals surface area contributed by atoms with Crippen molar-refractivity contribution in [2.75, 3.05) is 31.6 Å². The first kappa shape index (κ1) is 18.3. The Morgan fingerprint density at radius 2 is 2.19 bits per heavy atom. The van der Waals surface area contributed by atoms with E-state index in [0.717, 1.165) is 22.7 Å². The molecule has 1 saturated heterocycles. The molecule has 4 rings (SSSR count). The number of nitrogens with zero attached hydrogens (tertiary/aromatic N) is 3. The molecule has 0 saturated carbocycles. The first-order chi connectivity index (χ1) is 12.9. The molecular formula is C19H20ClN3O3S. The van der Waals surface area contributed by atoms with Crippen LogP contribution in [0.15, 0.2) is 24.4 Å². The number of rotatable bonds is 3. The van der Waals surface area contributed by atoms with E-state index in [4.69, 9.17) is 16.3 Å². The topological polar surface area (TPSA) is 62.7 Å². The van der Waals surface area contributed by atoms with Gasteiger partial charge in [-0.1, -0.05) is 22.9 Å². The summed E-state index contributed by atoms with van der Waals surface area (Å²) in [6.07, 6.45) is 2.69. The van der Waals surface area contributed by atoms with Gasteiger partial charge >= 0.3 is 0 Å². The average Bonchev–Trinajstić information content (AvgIpc) is 3.34. The molecule has 0 N–H and O–H groups in total. The van der Waals surface area contributed by atoms with Crippen molar-refractivity contribution >= 4 is 40.4 Å². The predicted molar refractivity (Wildman–Crippen MR) is 105 cm³/mol. The van der Waals surface area contributed by atoms with Crippen LogP contribution in [0, 0.1) is 0 Å². The summed E-state index contributed by atoms with van der Waals surface area (Å²) in [6, 6.07) is 5.66. The number of likely N-dealkylation sites (tertiary alicyclic amines) is 1. The van der Waals surface area contributed by atoms with Crippen LogP contribution in [0.5, 0.6) is 5.06 Å². The maximum Gasteiger partial charge on any atom is 0.233 e. The minimum atomic E-state index is -0.248. The Morgan fingerprint density at radius 1 is 1.37 bits per heavy atom. The van der Waals surface area contributed by atoms with Gasteiger partial charge in [0.15, 0.2) is 5.06 Å². The highest BCUT2D eigenvalue weighted by Crippen LogP contribution is 2.47. The molecule has 0 aliphatic carbocycles. The van der Waals surface area contributed by atoms with Gasteiger partial charge in [0.1, 0.15) is 5.01 Å². The van der Waals surface area contributed by atoms with Crippen molar-refractivity contribution < 1.29 is 14.3 Å². The third-order valence-corrected chi connectivity index (χ3v) is 6.61. The number of anilines is 1. The smallest absolute Gasteiger partial charge is 0.233 e. The number of aromatic nitrogens is 1. The molecule has 0 radical (unpaired) electrons. The second kappa shape index (κ2) is 6.80. The van der Waals surface area contributed by atoms with E-state index in [-0.39, 0.29) is 23.7 Å². The lowest BCUT2D eigenvalue weighted by Gasteiger charge is -2.25. The zero-order valence-corrected chi connectivity index (χ0v) is 16.8. The number of benzene rings is 1. The van der Waals surface area contributed by atoms with Gasteiger partial charge in [0.05, 0.1) is 19.7 Å². The van der Waals surface area contributed by atoms with Crippen LogP contribution in [0.2, 0.25) is 5.02 Å². The minimum absolute atomic E-state index is 0.00581. The van der Waals surface area contributed by atoms with E-state index in [1.807, 2.05) is 28.0 Å². The summed E-state index contributed by atoms with van der Waals surface area (Å²) in [4.78, 5) is 32.8. The molecule has 1 fully saturated rings. The first-order valence-electron chi connectivity index (χ1n) is 8.76. The van der Waals surface area contributed by atoms with Gasteiger partial charge in [-0.25, -0.2) is 4.98 Å². The highest BCUT2D eigenvalue weighted by atomic mass is 35.5. The largest absolute Gasteiger partial charge is 0.486 e. The van der Waals surface area contributed by atoms with Crippen LogP contribution in [-0.2, 0) is 21.4 Å². The summed E-state index contributed by atoms with van der Waals surface area (Å²) in [5.41, 5.74) is 1.70. The lowest BCUT2D eigenvalue weighted by molar-refractivity contribution is -0.127. The third kappa shape index (κ3) is 3.19. The normalized spacial score (nSPS) is 21.0. The Balaban J connectivity index is 1.63. The predicted octanol–water partition coefficient (Wildman–Crippen LogP) is 2.88. The monoisotopic (exact) mass is 405 g/mol. The highest BCUT2D eigenvalue weighted by molar-refractivity contribution is 7.13. The second-order valence-corrected chi connectivity index (χ2v) is 8.58. The Hall–Kier alpha value is -2.12. The molecule has 1 unspecified atom stereocenters. The molecule has 0 bridgehead atoms. The van der Waals surface area contributed by atoms with Crippen LogP contribution >= 0.6 is 22.9 Å². The van der Waals surface area contributed by atoms with Gasteiger partial charge in [0.25, 0.3) is 0 Å². The van der Waals surface area contributed by atoms with Crippen molar-refractivity contribution in [1.29, 1.82) is 0 Å². The Kier molecular flexibility index (Phi) is 4.60. The van der Waals surface area contributed by atoms with Crippen LogP contribution in [0.4, 0.5) is 5.69 Å². The number of halogens is 1. The van der Waals surface area contributed by atoms with E-state index < -0.39 is 0 Å². The van der Waals surface area contributed by atoms with Crippen molar-refractivity contribution in [2.45, 2.75) is 25.2 Å². The number of carbonyl (C=O) groups is 2. The summed E-state index contributed by atoms with van der Waals surface area (Å²) in [7, 11) is 1.59. The average molecular weight is 406 g/mol. The van der Waals surface area contributed by atoms with Gasteiger partial charge in [0.2, 0.25) is 11.8 Å². The summed E-state index contributed by atoms with van der Waals surface area (Å²) in [5, 5.41) is 2.06. The molecular weight excluding hydrogens is 386 g/mol. The lowest BCUT2D eigenvalue weighted by Crippen LogP contribution is -2.40. The van der Waals surface area contributed by atoms with E-state index in [0.29, 0.717) is 29.7 Å². The van der Waals surface area contributed by atoms with Gasteiger partial charge in [-0.2, -0.15) is 0 Å². The standard InChI is InChI=1S/C19H20ClN3O3S/c1-12(24)22-6-5-19(10-22)11-23(15-4-3-13(20)7-14(15)19)17(25)8-16-21-9-18(26-2)27-16/h3-4,7,9H,5-6,8,10-11H2,1-2H3. The van der Waals surface area contributed by atoms with Gasteiger partial charge < -0.3 is 14.5 Å². The zero-order chi connectivity index (χ0) is 19.2. The quantitative estimate of drug-likeness (QED) is 0.787. The Morgan fingerprint density at radius 3 is 2.85 bits per heavy atom. The number of thiazole rings is 1. The highest BCUT2D eigenvalue weighted by Gasteiger charge is 2.49. The molecule has 1 spiro atoms. The SMILES string of the molecule is COc1cnc(CC(=O)N2CC3(CCN(C(C)=O)C3)c3cc(Cl)ccc32)s1. The van der Waals surface area contributed by atoms with Crippen molar-refractivity contribution in [3.8, 4) is 5.06 Å². The summed E-state index contributed by atoms with van der Waals surface area (Å²) in [5.74, 6) is 0.0591. The number of fused-ring (bicyclic) bond motifs is 2. The van der Waals surface area contributed by atoms with Gasteiger partial charge in [-0.3, -0.25) is 9.59 Å². The maximum absolute atomic E-state index is 13.1. The molecule has 6 nitrogen and oxygen atoms in total. The number of amides is 2. The van der Waals surface area contributed by atoms with Gasteiger partial charge in [-0.05, 0) is 30.2 Å². The van der Waals surface area contributed by atoms with E-state index in [2.05, 4.69) is 4.98 Å². The first-order valence-corrected chi connectivity index (χ1v) is 9.96. The summed E-state index contributed by atoms with van der Waals surface area (Å²) < 4.78 is 5.16. The molecule has 1 aromatic carbocycles. The molecule has 3 heterocycles.